The average molecular weight is 348 g/mol. The Bertz CT molecular complexity index is 670. The molecule has 2 N–H and O–H groups in total. The minimum Gasteiger partial charge on any atom is -0.494 e. The Kier molecular flexibility index (Phi) is 6.10. The summed E-state index contributed by atoms with van der Waals surface area (Å²) >= 11 is 0. The Labute approximate surface area is 144 Å². The summed E-state index contributed by atoms with van der Waals surface area (Å²) in [4.78, 5) is 48.3. The van der Waals surface area contributed by atoms with Crippen LogP contribution in [-0.4, -0.2) is 53.3 Å². The van der Waals surface area contributed by atoms with Gasteiger partial charge in [-0.25, -0.2) is 0 Å². The zero-order valence-electron chi connectivity index (χ0n) is 13.9. The van der Waals surface area contributed by atoms with E-state index in [-0.39, 0.29) is 19.5 Å². The van der Waals surface area contributed by atoms with Crippen molar-refractivity contribution in [1.82, 2.24) is 10.2 Å². The molecule has 2 amide bonds. The third kappa shape index (κ3) is 4.79. The van der Waals surface area contributed by atoms with Crippen molar-refractivity contribution in [3.63, 3.8) is 0 Å². The van der Waals surface area contributed by atoms with Crippen LogP contribution < -0.4 is 10.1 Å². The molecule has 0 bridgehead atoms. The van der Waals surface area contributed by atoms with Crippen LogP contribution in [0.3, 0.4) is 0 Å². The first kappa shape index (κ1) is 18.4. The van der Waals surface area contributed by atoms with Gasteiger partial charge in [0.05, 0.1) is 6.61 Å². The predicted molar refractivity (Wildman–Crippen MR) is 86.8 cm³/mol. The third-order valence-electron chi connectivity index (χ3n) is 3.79. The maximum Gasteiger partial charge on any atom is 0.322 e. The second-order valence-corrected chi connectivity index (χ2v) is 5.60. The topological polar surface area (TPSA) is 113 Å². The molecule has 2 rings (SSSR count). The highest BCUT2D eigenvalue weighted by Gasteiger charge is 2.40. The predicted octanol–water partition coefficient (Wildman–Crippen LogP) is 0.204. The fourth-order valence-corrected chi connectivity index (χ4v) is 2.58. The molecular weight excluding hydrogens is 328 g/mol. The number of piperidine rings is 1. The molecule has 134 valence electrons. The van der Waals surface area contributed by atoms with Gasteiger partial charge in [0.1, 0.15) is 12.3 Å². The quantitative estimate of drug-likeness (QED) is 0.681. The van der Waals surface area contributed by atoms with Gasteiger partial charge in [0.15, 0.2) is 11.7 Å². The molecule has 1 atom stereocenters. The van der Waals surface area contributed by atoms with Gasteiger partial charge in [0, 0.05) is 19.5 Å². The molecule has 0 spiro atoms. The minimum absolute atomic E-state index is 0.0634. The van der Waals surface area contributed by atoms with E-state index in [1.807, 2.05) is 19.1 Å². The number of nitrogens with one attached hydrogen (secondary N) is 1. The highest BCUT2D eigenvalue weighted by molar-refractivity contribution is 6.19. The van der Waals surface area contributed by atoms with Gasteiger partial charge in [-0.3, -0.25) is 19.2 Å². The maximum absolute atomic E-state index is 12.5. The lowest BCUT2D eigenvalue weighted by Gasteiger charge is -2.30. The number of nitrogens with zero attached hydrogens (tertiary/aromatic N) is 1. The van der Waals surface area contributed by atoms with Crippen LogP contribution in [0.15, 0.2) is 24.3 Å². The molecule has 8 nitrogen and oxygen atoms in total. The van der Waals surface area contributed by atoms with Crippen molar-refractivity contribution in [2.75, 3.05) is 19.7 Å². The second kappa shape index (κ2) is 8.27. The van der Waals surface area contributed by atoms with Gasteiger partial charge in [-0.05, 0) is 24.6 Å². The monoisotopic (exact) mass is 348 g/mol. The lowest BCUT2D eigenvalue weighted by atomic mass is 9.94. The zero-order valence-corrected chi connectivity index (χ0v) is 13.9. The van der Waals surface area contributed by atoms with Gasteiger partial charge in [-0.2, -0.15) is 0 Å². The molecule has 25 heavy (non-hydrogen) atoms. The molecule has 1 aromatic rings. The summed E-state index contributed by atoms with van der Waals surface area (Å²) < 4.78 is 5.35. The minimum atomic E-state index is -1.48. The molecule has 1 fully saturated rings. The van der Waals surface area contributed by atoms with Crippen LogP contribution in [0, 0.1) is 5.92 Å². The molecule has 0 saturated carbocycles. The normalized spacial score (nSPS) is 17.3. The molecule has 0 aliphatic carbocycles. The molecule has 1 aromatic carbocycles. The number of amides is 2. The lowest BCUT2D eigenvalue weighted by Crippen LogP contribution is -2.52. The van der Waals surface area contributed by atoms with E-state index < -0.39 is 36.0 Å². The largest absolute Gasteiger partial charge is 0.494 e. The third-order valence-corrected chi connectivity index (χ3v) is 3.79. The van der Waals surface area contributed by atoms with E-state index in [0.717, 1.165) is 11.3 Å². The van der Waals surface area contributed by atoms with Crippen molar-refractivity contribution < 1.29 is 29.0 Å². The summed E-state index contributed by atoms with van der Waals surface area (Å²) in [5.41, 5.74) is 0.843. The molecular formula is C17H20N2O6. The van der Waals surface area contributed by atoms with E-state index in [9.17, 15) is 19.2 Å². The molecule has 1 heterocycles. The van der Waals surface area contributed by atoms with E-state index in [4.69, 9.17) is 9.84 Å². The van der Waals surface area contributed by atoms with Crippen LogP contribution >= 0.6 is 0 Å². The van der Waals surface area contributed by atoms with Crippen molar-refractivity contribution in [3.8, 4) is 5.75 Å². The Morgan fingerprint density at radius 2 is 1.96 bits per heavy atom. The first-order valence-electron chi connectivity index (χ1n) is 7.95. The van der Waals surface area contributed by atoms with Crippen LogP contribution in [0.2, 0.25) is 0 Å². The number of ether oxygens (including phenoxy) is 1. The van der Waals surface area contributed by atoms with Crippen molar-refractivity contribution in [2.24, 2.45) is 5.92 Å². The zero-order chi connectivity index (χ0) is 18.4. The molecule has 1 aliphatic rings. The van der Waals surface area contributed by atoms with Crippen LogP contribution in [0.25, 0.3) is 0 Å². The van der Waals surface area contributed by atoms with E-state index >= 15 is 0 Å². The number of carboxylic acids is 1. The van der Waals surface area contributed by atoms with E-state index in [0.29, 0.717) is 6.61 Å². The number of carbonyl (C=O) groups is 4. The van der Waals surface area contributed by atoms with Crippen molar-refractivity contribution in [2.45, 2.75) is 19.9 Å². The van der Waals surface area contributed by atoms with Gasteiger partial charge >= 0.3 is 5.97 Å². The van der Waals surface area contributed by atoms with Crippen molar-refractivity contribution in [1.29, 1.82) is 0 Å². The molecule has 8 heteroatoms. The van der Waals surface area contributed by atoms with Gasteiger partial charge in [0.25, 0.3) is 0 Å². The van der Waals surface area contributed by atoms with E-state index in [2.05, 4.69) is 5.32 Å². The van der Waals surface area contributed by atoms with Gasteiger partial charge in [-0.1, -0.05) is 12.1 Å². The Hall–Kier alpha value is -2.90. The number of carbonyl (C=O) groups excluding carboxylic acids is 3. The Balaban J connectivity index is 2.04. The highest BCUT2D eigenvalue weighted by atomic mass is 16.5. The number of carboxylic acid groups (broad SMARTS) is 1. The Morgan fingerprint density at radius 1 is 1.28 bits per heavy atom. The smallest absolute Gasteiger partial charge is 0.322 e. The number of hydrogen-bond acceptors (Lipinski definition) is 5. The summed E-state index contributed by atoms with van der Waals surface area (Å²) in [6.07, 6.45) is 0.0634. The fourth-order valence-electron chi connectivity index (χ4n) is 2.58. The van der Waals surface area contributed by atoms with Crippen LogP contribution in [-0.2, 0) is 25.7 Å². The standard InChI is InChI=1S/C17H20N2O6/c1-2-25-12-5-3-11(4-6-12)10-19-8-7-13(20)15(17(19)24)16(23)18-9-14(21)22/h3-6,15H,2,7-10H2,1H3,(H,18,23)(H,21,22). The number of rotatable bonds is 7. The summed E-state index contributed by atoms with van der Waals surface area (Å²) in [5, 5.41) is 10.7. The summed E-state index contributed by atoms with van der Waals surface area (Å²) in [6.45, 7) is 2.30. The van der Waals surface area contributed by atoms with Gasteiger partial charge < -0.3 is 20.1 Å². The van der Waals surface area contributed by atoms with Crippen LogP contribution in [0.5, 0.6) is 5.75 Å². The molecule has 1 aliphatic heterocycles. The maximum atomic E-state index is 12.5. The number of hydrogen-bond donors (Lipinski definition) is 2. The number of aliphatic carboxylic acids is 1. The molecule has 0 radical (unpaired) electrons. The van der Waals surface area contributed by atoms with Crippen LogP contribution in [0.4, 0.5) is 0 Å². The SMILES string of the molecule is CCOc1ccc(CN2CCC(=O)C(C(=O)NCC(=O)O)C2=O)cc1. The summed E-state index contributed by atoms with van der Waals surface area (Å²) in [5.74, 6) is -3.96. The van der Waals surface area contributed by atoms with Gasteiger partial charge in [0.2, 0.25) is 11.8 Å². The van der Waals surface area contributed by atoms with Crippen molar-refractivity contribution >= 4 is 23.6 Å². The van der Waals surface area contributed by atoms with Gasteiger partial charge in [-0.15, -0.1) is 0 Å². The van der Waals surface area contributed by atoms with E-state index in [1.165, 1.54) is 4.90 Å². The van der Waals surface area contributed by atoms with Crippen molar-refractivity contribution in [3.05, 3.63) is 29.8 Å². The summed E-state index contributed by atoms with van der Waals surface area (Å²) in [6, 6.07) is 7.20. The first-order chi connectivity index (χ1) is 11.9. The second-order valence-electron chi connectivity index (χ2n) is 5.60. The first-order valence-corrected chi connectivity index (χ1v) is 7.95. The molecule has 0 aromatic heterocycles. The highest BCUT2D eigenvalue weighted by Crippen LogP contribution is 2.19. The molecule has 1 unspecified atom stereocenters. The number of benzene rings is 1. The van der Waals surface area contributed by atoms with Crippen LogP contribution in [0.1, 0.15) is 18.9 Å². The Morgan fingerprint density at radius 3 is 2.56 bits per heavy atom. The average Bonchev–Trinajstić information content (AvgIpc) is 2.57. The number of likely N-dealkylation sites (tertiary alicyclic amines) is 1. The molecule has 1 saturated heterocycles. The number of ketones is 1. The lowest BCUT2D eigenvalue weighted by molar-refractivity contribution is -0.152. The number of Topliss-reactive ketones (excluding diaryl/α,β-unsaturated/α-hetero) is 1. The van der Waals surface area contributed by atoms with E-state index in [1.54, 1.807) is 12.1 Å². The fraction of sp³-hybridized carbons (Fsp3) is 0.412. The summed E-state index contributed by atoms with van der Waals surface area (Å²) in [7, 11) is 0.